The topological polar surface area (TPSA) is 77.4 Å². The first-order valence-corrected chi connectivity index (χ1v) is 12.5. The first-order valence-electron chi connectivity index (χ1n) is 11.1. The number of rotatable bonds is 19. The molecule has 0 amide bonds. The zero-order valence-electron chi connectivity index (χ0n) is 18.3. The molecular formula is C21H43NaO4S. The Labute approximate surface area is 191 Å². The number of hydrogen-bond donors (Lipinski definition) is 1. The van der Waals surface area contributed by atoms with Crippen LogP contribution in [0.25, 0.3) is 0 Å². The van der Waals surface area contributed by atoms with E-state index in [0.717, 1.165) is 38.5 Å². The van der Waals surface area contributed by atoms with Gasteiger partial charge in [-0.05, 0) is 12.8 Å². The van der Waals surface area contributed by atoms with Crippen LogP contribution < -0.4 is 29.6 Å². The first-order chi connectivity index (χ1) is 12.4. The van der Waals surface area contributed by atoms with Crippen LogP contribution in [0.15, 0.2) is 0 Å². The number of unbranched alkanes of at least 4 members (excludes halogenated alkanes) is 13. The molecule has 0 heterocycles. The summed E-state index contributed by atoms with van der Waals surface area (Å²) in [5, 5.41) is 9.00. The molecule has 0 saturated heterocycles. The van der Waals surface area contributed by atoms with Crippen LogP contribution in [0.1, 0.15) is 123 Å². The molecule has 0 rings (SSSR count). The maximum atomic E-state index is 11.5. The molecular weight excluding hydrogens is 371 g/mol. The van der Waals surface area contributed by atoms with E-state index in [-0.39, 0.29) is 29.6 Å². The van der Waals surface area contributed by atoms with Crippen LogP contribution in [0.4, 0.5) is 0 Å². The molecule has 158 valence electrons. The molecule has 0 aromatic heterocycles. The minimum absolute atomic E-state index is 0. The monoisotopic (exact) mass is 414 g/mol. The predicted molar refractivity (Wildman–Crippen MR) is 109 cm³/mol. The van der Waals surface area contributed by atoms with Crippen LogP contribution >= 0.6 is 0 Å². The van der Waals surface area contributed by atoms with E-state index >= 15 is 0 Å². The van der Waals surface area contributed by atoms with Gasteiger partial charge in [-0.2, -0.15) is 0 Å². The molecule has 0 aliphatic heterocycles. The Morgan fingerprint density at radius 3 is 1.41 bits per heavy atom. The van der Waals surface area contributed by atoms with Crippen LogP contribution in [0.2, 0.25) is 0 Å². The fourth-order valence-electron chi connectivity index (χ4n) is 3.50. The Morgan fingerprint density at radius 2 is 1.00 bits per heavy atom. The third kappa shape index (κ3) is 18.6. The Morgan fingerprint density at radius 1 is 0.667 bits per heavy atom. The van der Waals surface area contributed by atoms with Gasteiger partial charge < -0.3 is 9.66 Å². The SMILES string of the molecule is CCCCCCCCCCCCCC(C(O)CCCCCC)S(=O)(=O)[O-].[Na+]. The third-order valence-corrected chi connectivity index (χ3v) is 6.54. The van der Waals surface area contributed by atoms with Gasteiger partial charge in [0, 0.05) is 0 Å². The van der Waals surface area contributed by atoms with Gasteiger partial charge in [-0.15, -0.1) is 0 Å². The van der Waals surface area contributed by atoms with Crippen molar-refractivity contribution in [3.63, 3.8) is 0 Å². The first kappa shape index (κ1) is 30.1. The maximum Gasteiger partial charge on any atom is 1.00 e. The molecule has 0 bridgehead atoms. The summed E-state index contributed by atoms with van der Waals surface area (Å²) in [4.78, 5) is 0. The molecule has 27 heavy (non-hydrogen) atoms. The number of aliphatic hydroxyl groups is 1. The third-order valence-electron chi connectivity index (χ3n) is 5.25. The average molecular weight is 415 g/mol. The van der Waals surface area contributed by atoms with E-state index in [0.29, 0.717) is 19.3 Å². The quantitative estimate of drug-likeness (QED) is 0.200. The number of hydrogen-bond acceptors (Lipinski definition) is 4. The zero-order valence-corrected chi connectivity index (χ0v) is 21.1. The summed E-state index contributed by atoms with van der Waals surface area (Å²) in [5.41, 5.74) is 0. The van der Waals surface area contributed by atoms with Crippen LogP contribution in [0.3, 0.4) is 0 Å². The minimum atomic E-state index is -4.42. The molecule has 2 unspecified atom stereocenters. The molecule has 0 radical (unpaired) electrons. The second-order valence-corrected chi connectivity index (χ2v) is 9.36. The van der Waals surface area contributed by atoms with E-state index in [1.165, 1.54) is 51.4 Å². The second kappa shape index (κ2) is 20.2. The number of aliphatic hydroxyl groups excluding tert-OH is 1. The Hall–Kier alpha value is 0.870. The van der Waals surface area contributed by atoms with E-state index in [4.69, 9.17) is 0 Å². The van der Waals surface area contributed by atoms with Gasteiger partial charge in [0.2, 0.25) is 0 Å². The van der Waals surface area contributed by atoms with Crippen LogP contribution in [0.5, 0.6) is 0 Å². The fraction of sp³-hybridized carbons (Fsp3) is 1.00. The molecule has 0 aliphatic carbocycles. The summed E-state index contributed by atoms with van der Waals surface area (Å²) in [6.07, 6.45) is 16.8. The summed E-state index contributed by atoms with van der Waals surface area (Å²) < 4.78 is 34.4. The maximum absolute atomic E-state index is 11.5. The van der Waals surface area contributed by atoms with Crippen molar-refractivity contribution in [2.24, 2.45) is 0 Å². The van der Waals surface area contributed by atoms with Gasteiger partial charge >= 0.3 is 29.6 Å². The molecule has 0 aliphatic rings. The Bertz CT molecular complexity index is 401. The van der Waals surface area contributed by atoms with Crippen molar-refractivity contribution < 1.29 is 47.6 Å². The Balaban J connectivity index is 0. The predicted octanol–water partition coefficient (Wildman–Crippen LogP) is 2.94. The van der Waals surface area contributed by atoms with E-state index in [1.54, 1.807) is 0 Å². The smallest absolute Gasteiger partial charge is 0.748 e. The van der Waals surface area contributed by atoms with Crippen LogP contribution in [0, 0.1) is 0 Å². The van der Waals surface area contributed by atoms with E-state index in [9.17, 15) is 18.1 Å². The van der Waals surface area contributed by atoms with Gasteiger partial charge in [0.1, 0.15) is 10.1 Å². The largest absolute Gasteiger partial charge is 1.00 e. The van der Waals surface area contributed by atoms with Crippen molar-refractivity contribution in [3.05, 3.63) is 0 Å². The second-order valence-electron chi connectivity index (χ2n) is 7.77. The van der Waals surface area contributed by atoms with Crippen molar-refractivity contribution in [1.82, 2.24) is 0 Å². The summed E-state index contributed by atoms with van der Waals surface area (Å²) in [6, 6.07) is 0. The summed E-state index contributed by atoms with van der Waals surface area (Å²) in [6.45, 7) is 4.34. The van der Waals surface area contributed by atoms with Gasteiger partial charge in [0.05, 0.1) is 11.4 Å². The molecule has 2 atom stereocenters. The van der Waals surface area contributed by atoms with Crippen molar-refractivity contribution in [1.29, 1.82) is 0 Å². The summed E-state index contributed by atoms with van der Waals surface area (Å²) >= 11 is 0. The van der Waals surface area contributed by atoms with Crippen molar-refractivity contribution in [3.8, 4) is 0 Å². The molecule has 1 N–H and O–H groups in total. The molecule has 6 heteroatoms. The van der Waals surface area contributed by atoms with Gasteiger partial charge in [-0.3, -0.25) is 0 Å². The van der Waals surface area contributed by atoms with E-state index < -0.39 is 21.5 Å². The fourth-order valence-corrected chi connectivity index (χ4v) is 4.48. The molecule has 0 spiro atoms. The standard InChI is InChI=1S/C21H44O4S.Na/c1-3-5-7-9-10-11-12-13-14-15-17-19-21(26(23,24)25)20(22)18-16-8-6-4-2;/h20-22H,3-19H2,1-2H3,(H,23,24,25);/q;+1/p-1. The minimum Gasteiger partial charge on any atom is -0.748 e. The van der Waals surface area contributed by atoms with Gasteiger partial charge in [-0.1, -0.05) is 110 Å². The van der Waals surface area contributed by atoms with Gasteiger partial charge in [0.25, 0.3) is 0 Å². The van der Waals surface area contributed by atoms with Gasteiger partial charge in [0.15, 0.2) is 0 Å². The van der Waals surface area contributed by atoms with E-state index in [1.807, 2.05) is 0 Å². The summed E-state index contributed by atoms with van der Waals surface area (Å²) in [5.74, 6) is 0. The van der Waals surface area contributed by atoms with Crippen molar-refractivity contribution in [2.45, 2.75) is 134 Å². The summed E-state index contributed by atoms with van der Waals surface area (Å²) in [7, 11) is -4.42. The molecule has 0 aromatic rings. The Kier molecular flexibility index (Phi) is 22.4. The molecule has 4 nitrogen and oxygen atoms in total. The zero-order chi connectivity index (χ0) is 19.7. The van der Waals surface area contributed by atoms with Crippen molar-refractivity contribution >= 4 is 10.1 Å². The molecule has 0 aromatic carbocycles. The normalized spacial score (nSPS) is 13.9. The van der Waals surface area contributed by atoms with E-state index in [2.05, 4.69) is 13.8 Å². The van der Waals surface area contributed by atoms with Crippen molar-refractivity contribution in [2.75, 3.05) is 0 Å². The van der Waals surface area contributed by atoms with Gasteiger partial charge in [-0.25, -0.2) is 8.42 Å². The molecule has 0 saturated carbocycles. The van der Waals surface area contributed by atoms with Crippen LogP contribution in [-0.2, 0) is 10.1 Å². The molecule has 0 fully saturated rings. The average Bonchev–Trinajstić information content (AvgIpc) is 2.58. The van der Waals surface area contributed by atoms with Crippen LogP contribution in [-0.4, -0.2) is 29.4 Å².